The molecular weight excluding hydrogens is 451 g/mol. The Morgan fingerprint density at radius 3 is 1.97 bits per heavy atom. The quantitative estimate of drug-likeness (QED) is 0.331. The van der Waals surface area contributed by atoms with Crippen molar-refractivity contribution in [1.29, 1.82) is 0 Å². The van der Waals surface area contributed by atoms with Crippen LogP contribution in [0.4, 0.5) is 11.4 Å². The van der Waals surface area contributed by atoms with Gasteiger partial charge in [-0.1, -0.05) is 6.07 Å². The molecule has 3 unspecified atom stereocenters. The Morgan fingerprint density at radius 2 is 1.40 bits per heavy atom. The number of aliphatic hydroxyl groups is 3. The highest BCUT2D eigenvalue weighted by molar-refractivity contribution is 6.18. The van der Waals surface area contributed by atoms with Crippen LogP contribution in [0.1, 0.15) is 0 Å². The second-order valence-electron chi connectivity index (χ2n) is 6.83. The Kier molecular flexibility index (Phi) is 10.9. The number of nitrogens with one attached hydrogen (secondary N) is 1. The average molecular weight is 478 g/mol. The lowest BCUT2D eigenvalue weighted by atomic mass is 10.2. The molecule has 0 aliphatic rings. The van der Waals surface area contributed by atoms with E-state index in [9.17, 15) is 15.3 Å². The van der Waals surface area contributed by atoms with E-state index in [1.165, 1.54) is 0 Å². The Hall–Kier alpha value is -1.41. The summed E-state index contributed by atoms with van der Waals surface area (Å²) in [5, 5.41) is 32.5. The number of benzene rings is 2. The molecule has 0 spiro atoms. The molecule has 9 heteroatoms. The third-order valence-electron chi connectivity index (χ3n) is 4.21. The fourth-order valence-corrected chi connectivity index (χ4v) is 3.01. The van der Waals surface area contributed by atoms with Crippen LogP contribution in [0.25, 0.3) is 0 Å². The van der Waals surface area contributed by atoms with E-state index in [0.717, 1.165) is 11.4 Å². The van der Waals surface area contributed by atoms with Gasteiger partial charge in [-0.2, -0.15) is 0 Å². The predicted octanol–water partition coefficient (Wildman–Crippen LogP) is 3.50. The van der Waals surface area contributed by atoms with Crippen molar-refractivity contribution in [3.05, 3.63) is 48.5 Å². The average Bonchev–Trinajstić information content (AvgIpc) is 2.77. The number of hydrogen-bond acceptors (Lipinski definition) is 6. The third-order valence-corrected chi connectivity index (χ3v) is 5.28. The van der Waals surface area contributed by atoms with Gasteiger partial charge in [-0.05, 0) is 36.4 Å². The molecule has 0 heterocycles. The Morgan fingerprint density at radius 1 is 0.800 bits per heavy atom. The maximum absolute atomic E-state index is 9.95. The minimum absolute atomic E-state index is 0.0893. The summed E-state index contributed by atoms with van der Waals surface area (Å²) < 4.78 is 5.93. The molecule has 0 radical (unpaired) electrons. The fourth-order valence-electron chi connectivity index (χ4n) is 2.70. The van der Waals surface area contributed by atoms with Crippen LogP contribution in [-0.2, 0) is 0 Å². The first-order valence-corrected chi connectivity index (χ1v) is 11.1. The van der Waals surface area contributed by atoms with Crippen LogP contribution in [0, 0.1) is 0 Å². The summed E-state index contributed by atoms with van der Waals surface area (Å²) in [6.07, 6.45) is -2.09. The number of halogens is 3. The lowest BCUT2D eigenvalue weighted by molar-refractivity contribution is 0.181. The van der Waals surface area contributed by atoms with Gasteiger partial charge in [0.1, 0.15) is 11.5 Å². The van der Waals surface area contributed by atoms with E-state index >= 15 is 0 Å². The molecule has 2 rings (SSSR count). The second kappa shape index (κ2) is 13.1. The number of anilines is 2. The highest BCUT2D eigenvalue weighted by Gasteiger charge is 2.16. The van der Waals surface area contributed by atoms with Crippen LogP contribution in [-0.4, -0.2) is 70.9 Å². The van der Waals surface area contributed by atoms with E-state index in [2.05, 4.69) is 5.32 Å². The normalized spacial score (nSPS) is 14.1. The molecular formula is C21H27Cl3N2O4. The van der Waals surface area contributed by atoms with Gasteiger partial charge in [0.05, 0.1) is 36.0 Å². The van der Waals surface area contributed by atoms with Gasteiger partial charge in [-0.3, -0.25) is 0 Å². The Balaban J connectivity index is 2.07. The number of aliphatic hydroxyl groups excluding tert-OH is 3. The van der Waals surface area contributed by atoms with Crippen molar-refractivity contribution in [2.24, 2.45) is 0 Å². The van der Waals surface area contributed by atoms with E-state index in [-0.39, 0.29) is 30.7 Å². The monoisotopic (exact) mass is 476 g/mol. The van der Waals surface area contributed by atoms with Gasteiger partial charge in [-0.15, -0.1) is 34.8 Å². The minimum Gasteiger partial charge on any atom is -0.457 e. The summed E-state index contributed by atoms with van der Waals surface area (Å²) in [4.78, 5) is 1.82. The summed E-state index contributed by atoms with van der Waals surface area (Å²) in [5.74, 6) is 1.60. The summed E-state index contributed by atoms with van der Waals surface area (Å²) in [7, 11) is 0. The van der Waals surface area contributed by atoms with Crippen molar-refractivity contribution in [2.45, 2.75) is 18.3 Å². The molecule has 0 saturated heterocycles. The van der Waals surface area contributed by atoms with E-state index in [0.29, 0.717) is 18.0 Å². The standard InChI is InChI=1S/C21H27Cl3N2O4/c22-9-17(27)12-25-15-4-6-20(7-5-15)30-21-3-1-2-16(8-21)26(13-18(28)10-23)14-19(29)11-24/h1-8,17-19,25,27-29H,9-14H2. The van der Waals surface area contributed by atoms with E-state index in [1.807, 2.05) is 53.4 Å². The van der Waals surface area contributed by atoms with Gasteiger partial charge in [0.15, 0.2) is 0 Å². The van der Waals surface area contributed by atoms with Crippen LogP contribution >= 0.6 is 34.8 Å². The van der Waals surface area contributed by atoms with Gasteiger partial charge in [0, 0.05) is 37.1 Å². The molecule has 4 N–H and O–H groups in total. The van der Waals surface area contributed by atoms with Crippen LogP contribution in [0.2, 0.25) is 0 Å². The summed E-state index contributed by atoms with van der Waals surface area (Å²) in [6.45, 7) is 0.884. The summed E-state index contributed by atoms with van der Waals surface area (Å²) >= 11 is 17.1. The zero-order valence-electron chi connectivity index (χ0n) is 16.4. The zero-order valence-corrected chi connectivity index (χ0v) is 18.7. The molecule has 2 aromatic carbocycles. The molecule has 0 fully saturated rings. The molecule has 0 aliphatic heterocycles. The molecule has 0 saturated carbocycles. The van der Waals surface area contributed by atoms with Crippen molar-refractivity contribution in [2.75, 3.05) is 47.5 Å². The van der Waals surface area contributed by atoms with E-state index < -0.39 is 18.3 Å². The first-order chi connectivity index (χ1) is 14.4. The molecule has 2 aromatic rings. The molecule has 30 heavy (non-hydrogen) atoms. The zero-order chi connectivity index (χ0) is 21.9. The largest absolute Gasteiger partial charge is 0.457 e. The van der Waals surface area contributed by atoms with Crippen LogP contribution in [0.5, 0.6) is 11.5 Å². The molecule has 3 atom stereocenters. The molecule has 0 aliphatic carbocycles. The first-order valence-electron chi connectivity index (χ1n) is 9.54. The molecule has 0 bridgehead atoms. The molecule has 6 nitrogen and oxygen atoms in total. The van der Waals surface area contributed by atoms with Crippen molar-refractivity contribution in [1.82, 2.24) is 0 Å². The van der Waals surface area contributed by atoms with Gasteiger partial charge >= 0.3 is 0 Å². The van der Waals surface area contributed by atoms with Crippen LogP contribution in [0.15, 0.2) is 48.5 Å². The van der Waals surface area contributed by atoms with Gasteiger partial charge in [0.2, 0.25) is 0 Å². The second-order valence-corrected chi connectivity index (χ2v) is 7.76. The number of alkyl halides is 3. The van der Waals surface area contributed by atoms with Gasteiger partial charge in [-0.25, -0.2) is 0 Å². The molecule has 0 aromatic heterocycles. The van der Waals surface area contributed by atoms with Crippen molar-refractivity contribution in [3.63, 3.8) is 0 Å². The van der Waals surface area contributed by atoms with Crippen molar-refractivity contribution >= 4 is 46.2 Å². The maximum Gasteiger partial charge on any atom is 0.129 e. The van der Waals surface area contributed by atoms with Crippen LogP contribution in [0.3, 0.4) is 0 Å². The number of nitrogens with zero attached hydrogens (tertiary/aromatic N) is 1. The van der Waals surface area contributed by atoms with Crippen molar-refractivity contribution < 1.29 is 20.1 Å². The lowest BCUT2D eigenvalue weighted by Crippen LogP contribution is -2.39. The minimum atomic E-state index is -0.740. The summed E-state index contributed by atoms with van der Waals surface area (Å²) in [5.41, 5.74) is 1.62. The topological polar surface area (TPSA) is 85.2 Å². The predicted molar refractivity (Wildman–Crippen MR) is 124 cm³/mol. The fraction of sp³-hybridized carbons (Fsp3) is 0.429. The number of ether oxygens (including phenoxy) is 1. The highest BCUT2D eigenvalue weighted by atomic mass is 35.5. The first kappa shape index (κ1) is 24.9. The number of rotatable bonds is 13. The smallest absolute Gasteiger partial charge is 0.129 e. The van der Waals surface area contributed by atoms with E-state index in [1.54, 1.807) is 0 Å². The SMILES string of the molecule is OC(CCl)CNc1ccc(Oc2cccc(N(CC(O)CCl)CC(O)CCl)c2)cc1. The number of hydrogen-bond donors (Lipinski definition) is 4. The van der Waals surface area contributed by atoms with Gasteiger partial charge in [0.25, 0.3) is 0 Å². The Bertz CT molecular complexity index is 739. The highest BCUT2D eigenvalue weighted by Crippen LogP contribution is 2.27. The molecule has 166 valence electrons. The molecule has 0 amide bonds. The lowest BCUT2D eigenvalue weighted by Gasteiger charge is -2.28. The van der Waals surface area contributed by atoms with E-state index in [4.69, 9.17) is 39.5 Å². The Labute approximate surface area is 191 Å². The van der Waals surface area contributed by atoms with Gasteiger partial charge < -0.3 is 30.3 Å². The third kappa shape index (κ3) is 8.38. The van der Waals surface area contributed by atoms with Crippen molar-refractivity contribution in [3.8, 4) is 11.5 Å². The maximum atomic E-state index is 9.95. The summed E-state index contributed by atoms with van der Waals surface area (Å²) in [6, 6.07) is 14.7. The van der Waals surface area contributed by atoms with Crippen LogP contribution < -0.4 is 15.0 Å².